The highest BCUT2D eigenvalue weighted by Gasteiger charge is 2.38. The van der Waals surface area contributed by atoms with E-state index < -0.39 is 12.1 Å². The van der Waals surface area contributed by atoms with E-state index in [0.29, 0.717) is 6.42 Å². The summed E-state index contributed by atoms with van der Waals surface area (Å²) in [6, 6.07) is 0. The van der Waals surface area contributed by atoms with Crippen molar-refractivity contribution in [2.24, 2.45) is 5.41 Å². The molecule has 0 aromatic carbocycles. The van der Waals surface area contributed by atoms with E-state index in [-0.39, 0.29) is 11.8 Å². The van der Waals surface area contributed by atoms with Gasteiger partial charge in [-0.15, -0.1) is 11.3 Å². The van der Waals surface area contributed by atoms with E-state index in [2.05, 4.69) is 31.9 Å². The summed E-state index contributed by atoms with van der Waals surface area (Å²) >= 11 is 8.36. The van der Waals surface area contributed by atoms with Gasteiger partial charge in [0.25, 0.3) is 0 Å². The summed E-state index contributed by atoms with van der Waals surface area (Å²) in [4.78, 5) is 11.9. The maximum Gasteiger partial charge on any atom is 0.303 e. The summed E-state index contributed by atoms with van der Waals surface area (Å²) < 4.78 is 1.82. The number of aliphatic hydroxyl groups is 1. The van der Waals surface area contributed by atoms with E-state index >= 15 is 0 Å². The average Bonchev–Trinajstić information content (AvgIpc) is 2.87. The Bertz CT molecular complexity index is 466. The molecule has 106 valence electrons. The van der Waals surface area contributed by atoms with Gasteiger partial charge in [0, 0.05) is 19.2 Å². The van der Waals surface area contributed by atoms with E-state index in [1.807, 2.05) is 5.38 Å². The molecule has 2 rings (SSSR count). The van der Waals surface area contributed by atoms with Crippen LogP contribution in [-0.2, 0) is 4.79 Å². The fourth-order valence-corrected chi connectivity index (χ4v) is 5.20. The van der Waals surface area contributed by atoms with Crippen LogP contribution in [0.2, 0.25) is 0 Å². The van der Waals surface area contributed by atoms with E-state index in [1.54, 1.807) is 0 Å². The summed E-state index contributed by atoms with van der Waals surface area (Å²) in [6.45, 7) is 0. The lowest BCUT2D eigenvalue weighted by Crippen LogP contribution is -2.23. The molecule has 2 N–H and O–H groups in total. The Kier molecular flexibility index (Phi) is 5.09. The number of carboxylic acid groups (broad SMARTS) is 1. The molecule has 1 aliphatic carbocycles. The predicted octanol–water partition coefficient (Wildman–Crippen LogP) is 4.73. The fourth-order valence-electron chi connectivity index (χ4n) is 2.96. The van der Waals surface area contributed by atoms with Crippen molar-refractivity contribution in [3.05, 3.63) is 19.2 Å². The molecule has 19 heavy (non-hydrogen) atoms. The number of hydrogen-bond donors (Lipinski definition) is 2. The highest BCUT2D eigenvalue weighted by atomic mass is 79.9. The minimum atomic E-state index is -0.763. The summed E-state index contributed by atoms with van der Waals surface area (Å²) in [6.07, 6.45) is 4.04. The minimum absolute atomic E-state index is 0.161. The first-order valence-electron chi connectivity index (χ1n) is 6.26. The SMILES string of the molecule is O=C(O)CC1(CC(O)c2scc(Br)c2Br)CCCC1. The lowest BCUT2D eigenvalue weighted by Gasteiger charge is -2.29. The van der Waals surface area contributed by atoms with Gasteiger partial charge in [-0.25, -0.2) is 0 Å². The molecule has 3 nitrogen and oxygen atoms in total. The Morgan fingerprint density at radius 2 is 2.05 bits per heavy atom. The van der Waals surface area contributed by atoms with E-state index in [4.69, 9.17) is 5.11 Å². The first-order chi connectivity index (χ1) is 8.93. The molecular formula is C13H16Br2O3S. The standard InChI is InChI=1S/C13H16Br2O3S/c14-8-7-19-12(11(8)15)9(16)5-13(6-10(17)18)3-1-2-4-13/h7,9,16H,1-6H2,(H,17,18). The molecule has 6 heteroatoms. The molecule has 1 aromatic rings. The number of aliphatic hydroxyl groups excluding tert-OH is 1. The largest absolute Gasteiger partial charge is 0.481 e. The molecule has 0 aliphatic heterocycles. The number of hydrogen-bond acceptors (Lipinski definition) is 3. The first kappa shape index (κ1) is 15.5. The lowest BCUT2D eigenvalue weighted by atomic mass is 9.77. The number of aliphatic carboxylic acids is 1. The molecule has 1 heterocycles. The van der Waals surface area contributed by atoms with E-state index in [0.717, 1.165) is 39.5 Å². The third-order valence-electron chi connectivity index (χ3n) is 3.83. The molecule has 0 bridgehead atoms. The number of thiophene rings is 1. The van der Waals surface area contributed by atoms with Crippen molar-refractivity contribution in [2.75, 3.05) is 0 Å². The lowest BCUT2D eigenvalue weighted by molar-refractivity contribution is -0.140. The number of carboxylic acids is 1. The van der Waals surface area contributed by atoms with Gasteiger partial charge in [-0.1, -0.05) is 12.8 Å². The van der Waals surface area contributed by atoms with Gasteiger partial charge in [0.05, 0.1) is 12.5 Å². The first-order valence-corrected chi connectivity index (χ1v) is 8.72. The van der Waals surface area contributed by atoms with Crippen LogP contribution in [0.3, 0.4) is 0 Å². The Hall–Kier alpha value is 0.0900. The summed E-state index contributed by atoms with van der Waals surface area (Å²) in [5, 5.41) is 21.4. The van der Waals surface area contributed by atoms with Gasteiger partial charge in [-0.2, -0.15) is 0 Å². The maximum absolute atomic E-state index is 11.1. The van der Waals surface area contributed by atoms with Crippen LogP contribution in [0.15, 0.2) is 14.3 Å². The van der Waals surface area contributed by atoms with Crippen molar-refractivity contribution < 1.29 is 15.0 Å². The minimum Gasteiger partial charge on any atom is -0.481 e. The van der Waals surface area contributed by atoms with Crippen LogP contribution in [-0.4, -0.2) is 16.2 Å². The van der Waals surface area contributed by atoms with Crippen molar-refractivity contribution in [2.45, 2.75) is 44.6 Å². The van der Waals surface area contributed by atoms with Crippen LogP contribution in [0.25, 0.3) is 0 Å². The molecule has 1 saturated carbocycles. The fraction of sp³-hybridized carbons (Fsp3) is 0.615. The van der Waals surface area contributed by atoms with Crippen molar-refractivity contribution in [1.82, 2.24) is 0 Å². The third kappa shape index (κ3) is 3.60. The second-order valence-electron chi connectivity index (χ2n) is 5.26. The molecule has 0 radical (unpaired) electrons. The summed E-state index contributed by atoms with van der Waals surface area (Å²) in [5.74, 6) is -0.763. The zero-order valence-electron chi connectivity index (χ0n) is 10.4. The zero-order valence-corrected chi connectivity index (χ0v) is 14.4. The van der Waals surface area contributed by atoms with Gasteiger partial charge >= 0.3 is 5.97 Å². The summed E-state index contributed by atoms with van der Waals surface area (Å²) in [7, 11) is 0. The molecule has 1 aromatic heterocycles. The molecule has 1 aliphatic rings. The second kappa shape index (κ2) is 6.24. The van der Waals surface area contributed by atoms with Crippen LogP contribution in [0.5, 0.6) is 0 Å². The van der Waals surface area contributed by atoms with Gasteiger partial charge < -0.3 is 10.2 Å². The van der Waals surface area contributed by atoms with Gasteiger partial charge in [0.2, 0.25) is 0 Å². The highest BCUT2D eigenvalue weighted by Crippen LogP contribution is 2.49. The van der Waals surface area contributed by atoms with Crippen LogP contribution < -0.4 is 0 Å². The van der Waals surface area contributed by atoms with Gasteiger partial charge in [0.15, 0.2) is 0 Å². The maximum atomic E-state index is 11.1. The molecule has 1 fully saturated rings. The number of rotatable bonds is 5. The molecule has 0 amide bonds. The Morgan fingerprint density at radius 3 is 2.53 bits per heavy atom. The smallest absolute Gasteiger partial charge is 0.303 e. The Morgan fingerprint density at radius 1 is 1.42 bits per heavy atom. The topological polar surface area (TPSA) is 57.5 Å². The summed E-state index contributed by atoms with van der Waals surface area (Å²) in [5.41, 5.74) is -0.235. The molecule has 0 spiro atoms. The van der Waals surface area contributed by atoms with Gasteiger partial charge in [-0.3, -0.25) is 4.79 Å². The van der Waals surface area contributed by atoms with Crippen LogP contribution in [0.4, 0.5) is 0 Å². The highest BCUT2D eigenvalue weighted by molar-refractivity contribution is 9.13. The molecule has 0 saturated heterocycles. The van der Waals surface area contributed by atoms with E-state index in [1.165, 1.54) is 11.3 Å². The zero-order chi connectivity index (χ0) is 14.0. The van der Waals surface area contributed by atoms with Crippen molar-refractivity contribution >= 4 is 49.2 Å². The average molecular weight is 412 g/mol. The Labute approximate surface area is 133 Å². The number of carbonyl (C=O) groups is 1. The Balaban J connectivity index is 2.13. The number of halogens is 2. The normalized spacial score (nSPS) is 19.5. The van der Waals surface area contributed by atoms with Gasteiger partial charge in [0.1, 0.15) is 0 Å². The molecule has 1 unspecified atom stereocenters. The van der Waals surface area contributed by atoms with Crippen molar-refractivity contribution in [1.29, 1.82) is 0 Å². The predicted molar refractivity (Wildman–Crippen MR) is 82.4 cm³/mol. The van der Waals surface area contributed by atoms with Crippen LogP contribution in [0.1, 0.15) is 49.5 Å². The molecule has 1 atom stereocenters. The third-order valence-corrected chi connectivity index (χ3v) is 7.50. The van der Waals surface area contributed by atoms with Crippen molar-refractivity contribution in [3.8, 4) is 0 Å². The van der Waals surface area contributed by atoms with Crippen molar-refractivity contribution in [3.63, 3.8) is 0 Å². The van der Waals surface area contributed by atoms with Crippen LogP contribution >= 0.6 is 43.2 Å². The van der Waals surface area contributed by atoms with Gasteiger partial charge in [-0.05, 0) is 56.5 Å². The second-order valence-corrected chi connectivity index (χ2v) is 7.82. The quantitative estimate of drug-likeness (QED) is 0.736. The molecular weight excluding hydrogens is 396 g/mol. The van der Waals surface area contributed by atoms with Crippen LogP contribution in [0, 0.1) is 5.41 Å². The monoisotopic (exact) mass is 410 g/mol. The van der Waals surface area contributed by atoms with E-state index in [9.17, 15) is 9.90 Å².